The van der Waals surface area contributed by atoms with E-state index < -0.39 is 15.8 Å². The fourth-order valence-electron chi connectivity index (χ4n) is 7.59. The van der Waals surface area contributed by atoms with Gasteiger partial charge in [0.1, 0.15) is 0 Å². The molecule has 0 heterocycles. The molecule has 46 heavy (non-hydrogen) atoms. The van der Waals surface area contributed by atoms with Crippen molar-refractivity contribution in [3.05, 3.63) is 178 Å². The van der Waals surface area contributed by atoms with Gasteiger partial charge >= 0.3 is 0 Å². The van der Waals surface area contributed by atoms with Crippen LogP contribution in [0.4, 0.5) is 0 Å². The van der Waals surface area contributed by atoms with Crippen LogP contribution < -0.4 is 21.2 Å². The molecule has 1 aliphatic carbocycles. The number of hydrogen-bond acceptors (Lipinski definition) is 0. The molecule has 0 amide bonds. The van der Waals surface area contributed by atoms with E-state index in [0.29, 0.717) is 0 Å². The highest BCUT2D eigenvalue weighted by atomic mass is 31.1. The summed E-state index contributed by atoms with van der Waals surface area (Å²) in [6.45, 7) is 18.0. The Morgan fingerprint density at radius 1 is 0.435 bits per heavy atom. The van der Waals surface area contributed by atoms with Gasteiger partial charge in [-0.2, -0.15) is 0 Å². The molecule has 0 N–H and O–H groups in total. The molecule has 2 unspecified atom stereocenters. The van der Waals surface area contributed by atoms with E-state index in [1.807, 2.05) is 0 Å². The summed E-state index contributed by atoms with van der Waals surface area (Å²) >= 11 is 0. The van der Waals surface area contributed by atoms with Crippen molar-refractivity contribution in [2.75, 3.05) is 0 Å². The number of allylic oxidation sites excluding steroid dienone is 4. The van der Waals surface area contributed by atoms with Gasteiger partial charge in [0.2, 0.25) is 0 Å². The molecule has 5 aromatic carbocycles. The Morgan fingerprint density at radius 2 is 0.804 bits per heavy atom. The highest BCUT2D eigenvalue weighted by molar-refractivity contribution is 7.78. The van der Waals surface area contributed by atoms with Crippen LogP contribution >= 0.6 is 15.8 Å². The monoisotopic (exact) mass is 636 g/mol. The van der Waals surface area contributed by atoms with Crippen molar-refractivity contribution in [1.29, 1.82) is 0 Å². The minimum Gasteiger partial charge on any atom is -0.0749 e. The van der Waals surface area contributed by atoms with E-state index >= 15 is 0 Å². The van der Waals surface area contributed by atoms with Crippen molar-refractivity contribution in [1.82, 2.24) is 0 Å². The Balaban J connectivity index is 1.75. The fraction of sp³-hybridized carbons (Fsp3) is 0.227. The lowest BCUT2D eigenvalue weighted by Crippen LogP contribution is -2.43. The summed E-state index contributed by atoms with van der Waals surface area (Å²) in [5.74, 6) is 0. The predicted octanol–water partition coefficient (Wildman–Crippen LogP) is 10.1. The van der Waals surface area contributed by atoms with Crippen molar-refractivity contribution >= 4 is 37.1 Å². The molecule has 0 nitrogen and oxygen atoms in total. The van der Waals surface area contributed by atoms with Crippen LogP contribution in [0.2, 0.25) is 0 Å². The van der Waals surface area contributed by atoms with Gasteiger partial charge in [0.15, 0.2) is 0 Å². The second-order valence-electron chi connectivity index (χ2n) is 13.5. The van der Waals surface area contributed by atoms with Crippen LogP contribution in [0, 0.1) is 55.4 Å². The maximum Gasteiger partial charge on any atom is 0.0524 e. The Kier molecular flexibility index (Phi) is 9.35. The van der Waals surface area contributed by atoms with Gasteiger partial charge in [-0.05, 0) is 98.0 Å². The molecule has 0 spiro atoms. The summed E-state index contributed by atoms with van der Waals surface area (Å²) < 4.78 is 0. The maximum absolute atomic E-state index is 2.59. The molecular weight excluding hydrogens is 590 g/mol. The SMILES string of the molecule is Cc1cc(C)cc(P(c2cc(C)cc(C)c2)C2C=CC=CC2(c2ccccc2)P(c2cc(C)cc(C)c2)c2cc(C)cc(C)c2)c1. The first-order valence-corrected chi connectivity index (χ1v) is 19.1. The molecule has 0 aromatic heterocycles. The smallest absolute Gasteiger partial charge is 0.0524 e. The van der Waals surface area contributed by atoms with Crippen LogP contribution in [-0.4, -0.2) is 5.66 Å². The molecular formula is C44H46P2. The first-order valence-electron chi connectivity index (χ1n) is 16.4. The molecule has 0 saturated heterocycles. The molecule has 0 fully saturated rings. The van der Waals surface area contributed by atoms with E-state index in [1.165, 1.54) is 71.3 Å². The van der Waals surface area contributed by atoms with Gasteiger partial charge in [0.25, 0.3) is 0 Å². The van der Waals surface area contributed by atoms with Gasteiger partial charge in [-0.1, -0.05) is 172 Å². The van der Waals surface area contributed by atoms with E-state index in [4.69, 9.17) is 0 Å². The largest absolute Gasteiger partial charge is 0.0749 e. The number of benzene rings is 5. The lowest BCUT2D eigenvalue weighted by molar-refractivity contribution is 0.780. The standard InChI is InChI=1S/C44H46P2/c1-30-18-31(2)23-39(22-30)45(40-24-32(3)19-33(4)25-40)43-16-12-13-17-44(43,38-14-10-9-11-15-38)46(41-26-34(5)20-35(6)27-41)42-28-36(7)21-37(8)29-42/h9-29,43H,1-8H3. The van der Waals surface area contributed by atoms with Crippen LogP contribution in [0.25, 0.3) is 0 Å². The second-order valence-corrected chi connectivity index (χ2v) is 18.2. The molecule has 0 bridgehead atoms. The Bertz CT molecular complexity index is 1760. The molecule has 6 rings (SSSR count). The average Bonchev–Trinajstić information content (AvgIpc) is 2.97. The van der Waals surface area contributed by atoms with Gasteiger partial charge in [-0.25, -0.2) is 0 Å². The van der Waals surface area contributed by atoms with Crippen LogP contribution in [0.3, 0.4) is 0 Å². The average molecular weight is 637 g/mol. The topological polar surface area (TPSA) is 0 Å². The number of hydrogen-bond donors (Lipinski definition) is 0. The van der Waals surface area contributed by atoms with Crippen molar-refractivity contribution in [2.45, 2.75) is 66.2 Å². The summed E-state index contributed by atoms with van der Waals surface area (Å²) in [7, 11) is -1.71. The van der Waals surface area contributed by atoms with E-state index in [9.17, 15) is 0 Å². The number of aryl methyl sites for hydroxylation is 8. The Morgan fingerprint density at radius 3 is 1.20 bits per heavy atom. The molecule has 0 aliphatic heterocycles. The van der Waals surface area contributed by atoms with Crippen LogP contribution in [-0.2, 0) is 5.16 Å². The quantitative estimate of drug-likeness (QED) is 0.156. The summed E-state index contributed by atoms with van der Waals surface area (Å²) in [6, 6.07) is 40.5. The summed E-state index contributed by atoms with van der Waals surface area (Å²) in [4.78, 5) is 0. The first kappa shape index (κ1) is 32.4. The molecule has 2 atom stereocenters. The van der Waals surface area contributed by atoms with Gasteiger partial charge in [-0.15, -0.1) is 0 Å². The third-order valence-electron chi connectivity index (χ3n) is 8.99. The molecule has 232 valence electrons. The highest BCUT2D eigenvalue weighted by Gasteiger charge is 2.50. The van der Waals surface area contributed by atoms with Gasteiger partial charge < -0.3 is 0 Å². The zero-order chi connectivity index (χ0) is 32.6. The van der Waals surface area contributed by atoms with E-state index in [-0.39, 0.29) is 10.8 Å². The molecule has 2 heteroatoms. The normalized spacial score (nSPS) is 17.7. The molecule has 1 aliphatic rings. The van der Waals surface area contributed by atoms with E-state index in [2.05, 4.69) is 183 Å². The number of rotatable bonds is 7. The predicted molar refractivity (Wildman–Crippen MR) is 206 cm³/mol. The van der Waals surface area contributed by atoms with Crippen molar-refractivity contribution < 1.29 is 0 Å². The molecule has 0 saturated carbocycles. The van der Waals surface area contributed by atoms with Crippen LogP contribution in [0.15, 0.2) is 127 Å². The van der Waals surface area contributed by atoms with Gasteiger partial charge in [-0.3, -0.25) is 0 Å². The van der Waals surface area contributed by atoms with Crippen molar-refractivity contribution in [3.63, 3.8) is 0 Å². The summed E-state index contributed by atoms with van der Waals surface area (Å²) in [5.41, 5.74) is 12.3. The van der Waals surface area contributed by atoms with Crippen LogP contribution in [0.5, 0.6) is 0 Å². The molecule has 5 aromatic rings. The van der Waals surface area contributed by atoms with Crippen molar-refractivity contribution in [2.24, 2.45) is 0 Å². The van der Waals surface area contributed by atoms with Crippen LogP contribution in [0.1, 0.15) is 50.1 Å². The summed E-state index contributed by atoms with van der Waals surface area (Å²) in [6.07, 6.45) is 9.81. The summed E-state index contributed by atoms with van der Waals surface area (Å²) in [5, 5.41) is 5.52. The highest BCUT2D eigenvalue weighted by Crippen LogP contribution is 2.66. The Hall–Kier alpha value is -3.56. The van der Waals surface area contributed by atoms with E-state index in [1.54, 1.807) is 0 Å². The first-order chi connectivity index (χ1) is 22.0. The molecule has 0 radical (unpaired) electrons. The second kappa shape index (κ2) is 13.3. The minimum absolute atomic E-state index is 0.227. The zero-order valence-corrected chi connectivity index (χ0v) is 30.4. The zero-order valence-electron chi connectivity index (χ0n) is 28.6. The third-order valence-corrected chi connectivity index (χ3v) is 14.9. The minimum atomic E-state index is -0.899. The lowest BCUT2D eigenvalue weighted by atomic mass is 9.90. The fourth-order valence-corrected chi connectivity index (χ4v) is 15.0. The maximum atomic E-state index is 2.59. The van der Waals surface area contributed by atoms with Gasteiger partial charge in [0, 0.05) is 5.66 Å². The van der Waals surface area contributed by atoms with Crippen molar-refractivity contribution in [3.8, 4) is 0 Å². The third kappa shape index (κ3) is 6.49. The Labute approximate surface area is 279 Å². The van der Waals surface area contributed by atoms with Gasteiger partial charge in [0.05, 0.1) is 5.16 Å². The lowest BCUT2D eigenvalue weighted by Gasteiger charge is -2.49. The van der Waals surface area contributed by atoms with E-state index in [0.717, 1.165) is 0 Å².